The van der Waals surface area contributed by atoms with Crippen LogP contribution >= 0.6 is 0 Å². The van der Waals surface area contributed by atoms with Crippen LogP contribution in [0.3, 0.4) is 0 Å². The van der Waals surface area contributed by atoms with E-state index < -0.39 is 0 Å². The molecule has 0 saturated heterocycles. The molecule has 2 aromatic rings. The maximum absolute atomic E-state index is 13.2. The van der Waals surface area contributed by atoms with Crippen LogP contribution in [0.2, 0.25) is 0 Å². The highest BCUT2D eigenvalue weighted by Gasteiger charge is 2.20. The first-order valence-electron chi connectivity index (χ1n) is 14.5. The predicted octanol–water partition coefficient (Wildman–Crippen LogP) is 9.27. The third kappa shape index (κ3) is 11.1. The zero-order valence-electron chi connectivity index (χ0n) is 23.6. The number of hydrogen-bond donors (Lipinski definition) is 0. The van der Waals surface area contributed by atoms with Crippen molar-refractivity contribution in [3.63, 3.8) is 0 Å². The third-order valence-electron chi connectivity index (χ3n) is 6.86. The molecule has 204 valence electrons. The Morgan fingerprint density at radius 1 is 0.649 bits per heavy atom. The van der Waals surface area contributed by atoms with Crippen LogP contribution in [0.15, 0.2) is 48.5 Å². The number of hydrogen-bond acceptors (Lipinski definition) is 4. The molecule has 0 radical (unpaired) electrons. The smallest absolute Gasteiger partial charge is 0.338 e. The topological polar surface area (TPSA) is 52.6 Å². The number of ether oxygens (including phenoxy) is 2. The summed E-state index contributed by atoms with van der Waals surface area (Å²) in [5.41, 5.74) is 2.36. The van der Waals surface area contributed by atoms with Gasteiger partial charge in [0.25, 0.3) is 0 Å². The lowest BCUT2D eigenvalue weighted by Crippen LogP contribution is -2.15. The SMILES string of the molecule is CCCCCC(CCC)COC(=O)c1ccccc1-c1ccccc1C(=O)OCCCCCCC(C)C. The lowest BCUT2D eigenvalue weighted by molar-refractivity contribution is 0.0422. The summed E-state index contributed by atoms with van der Waals surface area (Å²) < 4.78 is 11.4. The number of rotatable bonds is 18. The van der Waals surface area contributed by atoms with Crippen LogP contribution in [0.1, 0.15) is 119 Å². The number of esters is 2. The van der Waals surface area contributed by atoms with E-state index in [0.717, 1.165) is 38.0 Å². The molecule has 0 fully saturated rings. The molecule has 0 bridgehead atoms. The molecule has 1 atom stereocenters. The molecule has 2 aromatic carbocycles. The Balaban J connectivity index is 2.04. The molecule has 0 spiro atoms. The molecule has 1 unspecified atom stereocenters. The van der Waals surface area contributed by atoms with Crippen LogP contribution in [0.4, 0.5) is 0 Å². The van der Waals surface area contributed by atoms with Crippen LogP contribution < -0.4 is 0 Å². The Morgan fingerprint density at radius 2 is 1.22 bits per heavy atom. The maximum Gasteiger partial charge on any atom is 0.338 e. The minimum atomic E-state index is -0.347. The van der Waals surface area contributed by atoms with E-state index in [1.54, 1.807) is 12.1 Å². The first-order valence-corrected chi connectivity index (χ1v) is 14.5. The number of carbonyl (C=O) groups excluding carboxylic acids is 2. The highest BCUT2D eigenvalue weighted by atomic mass is 16.5. The Kier molecular flexibility index (Phi) is 14.7. The van der Waals surface area contributed by atoms with Gasteiger partial charge in [0.05, 0.1) is 24.3 Å². The largest absolute Gasteiger partial charge is 0.462 e. The predicted molar refractivity (Wildman–Crippen MR) is 153 cm³/mol. The van der Waals surface area contributed by atoms with Crippen molar-refractivity contribution in [1.29, 1.82) is 0 Å². The molecule has 0 aliphatic rings. The molecule has 0 aliphatic heterocycles. The van der Waals surface area contributed by atoms with Gasteiger partial charge in [-0.15, -0.1) is 0 Å². The first-order chi connectivity index (χ1) is 18.0. The van der Waals surface area contributed by atoms with Crippen LogP contribution in [-0.2, 0) is 9.47 Å². The van der Waals surface area contributed by atoms with Crippen LogP contribution in [0.5, 0.6) is 0 Å². The number of benzene rings is 2. The van der Waals surface area contributed by atoms with E-state index >= 15 is 0 Å². The van der Waals surface area contributed by atoms with E-state index in [1.807, 2.05) is 36.4 Å². The van der Waals surface area contributed by atoms with E-state index in [4.69, 9.17) is 9.47 Å². The summed E-state index contributed by atoms with van der Waals surface area (Å²) >= 11 is 0. The summed E-state index contributed by atoms with van der Waals surface area (Å²) in [6.45, 7) is 9.71. The number of carbonyl (C=O) groups is 2. The monoisotopic (exact) mass is 508 g/mol. The fourth-order valence-corrected chi connectivity index (χ4v) is 4.72. The van der Waals surface area contributed by atoms with Gasteiger partial charge in [-0.25, -0.2) is 9.59 Å². The standard InChI is InChI=1S/C33H48O4/c1-5-7-10-19-27(17-6-2)25-37-33(35)31-23-15-13-21-29(31)28-20-12-14-22-30(28)32(34)36-24-16-9-8-11-18-26(3)4/h12-15,20-23,26-27H,5-11,16-19,24-25H2,1-4H3. The lowest BCUT2D eigenvalue weighted by Gasteiger charge is -2.17. The molecule has 0 saturated carbocycles. The second-order valence-corrected chi connectivity index (χ2v) is 10.6. The van der Waals surface area contributed by atoms with Gasteiger partial charge in [0.2, 0.25) is 0 Å². The van der Waals surface area contributed by atoms with Gasteiger partial charge < -0.3 is 9.47 Å². The van der Waals surface area contributed by atoms with Crippen molar-refractivity contribution in [3.8, 4) is 11.1 Å². The van der Waals surface area contributed by atoms with Crippen molar-refractivity contribution < 1.29 is 19.1 Å². The van der Waals surface area contributed by atoms with E-state index in [9.17, 15) is 9.59 Å². The van der Waals surface area contributed by atoms with Gasteiger partial charge in [-0.05, 0) is 54.4 Å². The van der Waals surface area contributed by atoms with Gasteiger partial charge in [-0.1, -0.05) is 115 Å². The third-order valence-corrected chi connectivity index (χ3v) is 6.86. The summed E-state index contributed by atoms with van der Waals surface area (Å²) in [6, 6.07) is 14.7. The average Bonchev–Trinajstić information content (AvgIpc) is 2.90. The van der Waals surface area contributed by atoms with Crippen LogP contribution in [0.25, 0.3) is 11.1 Å². The van der Waals surface area contributed by atoms with Gasteiger partial charge in [0.1, 0.15) is 0 Å². The van der Waals surface area contributed by atoms with E-state index in [1.165, 1.54) is 38.5 Å². The summed E-state index contributed by atoms with van der Waals surface area (Å²) in [5.74, 6) is 0.440. The molecule has 0 N–H and O–H groups in total. The van der Waals surface area contributed by atoms with E-state index in [0.29, 0.717) is 41.4 Å². The fraction of sp³-hybridized carbons (Fsp3) is 0.576. The molecule has 0 aromatic heterocycles. The molecule has 0 amide bonds. The van der Waals surface area contributed by atoms with Gasteiger partial charge in [0, 0.05) is 0 Å². The van der Waals surface area contributed by atoms with Crippen molar-refractivity contribution in [1.82, 2.24) is 0 Å². The quantitative estimate of drug-likeness (QED) is 0.149. The molecule has 0 heterocycles. The maximum atomic E-state index is 13.2. The zero-order valence-corrected chi connectivity index (χ0v) is 23.6. The second kappa shape index (κ2) is 17.8. The van der Waals surface area contributed by atoms with E-state index in [2.05, 4.69) is 27.7 Å². The highest BCUT2D eigenvalue weighted by molar-refractivity contribution is 6.03. The Morgan fingerprint density at radius 3 is 1.81 bits per heavy atom. The Bertz CT molecular complexity index is 933. The molecule has 4 heteroatoms. The van der Waals surface area contributed by atoms with E-state index in [-0.39, 0.29) is 11.9 Å². The summed E-state index contributed by atoms with van der Waals surface area (Å²) in [5, 5.41) is 0. The van der Waals surface area contributed by atoms with Crippen molar-refractivity contribution >= 4 is 11.9 Å². The second-order valence-electron chi connectivity index (χ2n) is 10.6. The van der Waals surface area contributed by atoms with Crippen molar-refractivity contribution in [2.75, 3.05) is 13.2 Å². The van der Waals surface area contributed by atoms with Crippen molar-refractivity contribution in [2.24, 2.45) is 11.8 Å². The summed E-state index contributed by atoms with van der Waals surface area (Å²) in [7, 11) is 0. The van der Waals surface area contributed by atoms with Gasteiger partial charge in [0.15, 0.2) is 0 Å². The minimum absolute atomic E-state index is 0.336. The number of unbranched alkanes of at least 4 members (excludes halogenated alkanes) is 5. The summed E-state index contributed by atoms with van der Waals surface area (Å²) in [6.07, 6.45) is 12.4. The molecule has 2 rings (SSSR count). The van der Waals surface area contributed by atoms with Crippen molar-refractivity contribution in [2.45, 2.75) is 98.3 Å². The normalized spacial score (nSPS) is 11.9. The van der Waals surface area contributed by atoms with Gasteiger partial charge >= 0.3 is 11.9 Å². The van der Waals surface area contributed by atoms with Gasteiger partial charge in [-0.3, -0.25) is 0 Å². The van der Waals surface area contributed by atoms with Crippen LogP contribution in [-0.4, -0.2) is 25.2 Å². The van der Waals surface area contributed by atoms with Gasteiger partial charge in [-0.2, -0.15) is 0 Å². The molecule has 4 nitrogen and oxygen atoms in total. The Labute approximate surface area is 225 Å². The average molecular weight is 509 g/mol. The molecule has 37 heavy (non-hydrogen) atoms. The first kappa shape index (κ1) is 30.6. The minimum Gasteiger partial charge on any atom is -0.462 e. The zero-order chi connectivity index (χ0) is 26.9. The summed E-state index contributed by atoms with van der Waals surface area (Å²) in [4.78, 5) is 26.1. The molecular formula is C33H48O4. The molecular weight excluding hydrogens is 460 g/mol. The van der Waals surface area contributed by atoms with Crippen molar-refractivity contribution in [3.05, 3.63) is 59.7 Å². The Hall–Kier alpha value is -2.62. The molecule has 0 aliphatic carbocycles. The fourth-order valence-electron chi connectivity index (χ4n) is 4.72. The highest BCUT2D eigenvalue weighted by Crippen LogP contribution is 2.29. The lowest BCUT2D eigenvalue weighted by atomic mass is 9.95. The van der Waals surface area contributed by atoms with Crippen LogP contribution in [0, 0.1) is 11.8 Å².